The van der Waals surface area contributed by atoms with Crippen LogP contribution in [0.4, 0.5) is 5.69 Å². The molecule has 3 nitrogen and oxygen atoms in total. The van der Waals surface area contributed by atoms with Gasteiger partial charge in [-0.1, -0.05) is 6.92 Å². The predicted molar refractivity (Wildman–Crippen MR) is 69.2 cm³/mol. The maximum atomic E-state index is 5.68. The highest BCUT2D eigenvalue weighted by molar-refractivity contribution is 7.99. The number of hydrogen-bond donors (Lipinski definition) is 1. The van der Waals surface area contributed by atoms with Gasteiger partial charge < -0.3 is 15.2 Å². The maximum absolute atomic E-state index is 5.68. The number of nitrogen functional groups attached to an aromatic ring is 1. The molecule has 0 bridgehead atoms. The lowest BCUT2D eigenvalue weighted by atomic mass is 10.3. The summed E-state index contributed by atoms with van der Waals surface area (Å²) < 4.78 is 10.7. The van der Waals surface area contributed by atoms with E-state index in [1.807, 2.05) is 18.2 Å². The van der Waals surface area contributed by atoms with Gasteiger partial charge in [-0.25, -0.2) is 0 Å². The Hall–Kier alpha value is -0.870. The highest BCUT2D eigenvalue weighted by Gasteiger charge is 2.03. The first kappa shape index (κ1) is 13.2. The fourth-order valence-corrected chi connectivity index (χ4v) is 2.13. The second-order valence-corrected chi connectivity index (χ2v) is 4.51. The molecule has 1 rings (SSSR count). The number of benzene rings is 1. The first-order chi connectivity index (χ1) is 7.77. The highest BCUT2D eigenvalue weighted by Crippen LogP contribution is 2.30. The average molecular weight is 241 g/mol. The topological polar surface area (TPSA) is 44.5 Å². The summed E-state index contributed by atoms with van der Waals surface area (Å²) in [6.07, 6.45) is 1.07. The first-order valence-electron chi connectivity index (χ1n) is 5.42. The van der Waals surface area contributed by atoms with Crippen LogP contribution in [0.1, 0.15) is 13.3 Å². The normalized spacial score (nSPS) is 10.4. The molecular formula is C12H19NO2S. The number of ether oxygens (including phenoxy) is 2. The Bertz CT molecular complexity index is 318. The van der Waals surface area contributed by atoms with E-state index in [9.17, 15) is 0 Å². The van der Waals surface area contributed by atoms with E-state index in [1.54, 1.807) is 18.9 Å². The molecule has 0 heterocycles. The van der Waals surface area contributed by atoms with E-state index in [0.717, 1.165) is 41.7 Å². The Kier molecular flexibility index (Phi) is 6.11. The van der Waals surface area contributed by atoms with Gasteiger partial charge in [0.25, 0.3) is 0 Å². The lowest BCUT2D eigenvalue weighted by Crippen LogP contribution is -1.98. The molecule has 0 aliphatic rings. The summed E-state index contributed by atoms with van der Waals surface area (Å²) in [5, 5.41) is 0. The van der Waals surface area contributed by atoms with Crippen molar-refractivity contribution >= 4 is 17.4 Å². The SMILES string of the molecule is CCCOCCSc1ccc(N)cc1OC. The summed E-state index contributed by atoms with van der Waals surface area (Å²) in [7, 11) is 1.66. The zero-order valence-electron chi connectivity index (χ0n) is 9.86. The van der Waals surface area contributed by atoms with Gasteiger partial charge in [0, 0.05) is 29.0 Å². The number of rotatable bonds is 7. The average Bonchev–Trinajstić information content (AvgIpc) is 2.30. The van der Waals surface area contributed by atoms with Gasteiger partial charge in [-0.2, -0.15) is 0 Å². The highest BCUT2D eigenvalue weighted by atomic mass is 32.2. The van der Waals surface area contributed by atoms with E-state index >= 15 is 0 Å². The van der Waals surface area contributed by atoms with Crippen LogP contribution in [0.25, 0.3) is 0 Å². The molecule has 0 amide bonds. The Morgan fingerprint density at radius 2 is 2.12 bits per heavy atom. The Labute approximate surface area is 101 Å². The van der Waals surface area contributed by atoms with E-state index in [0.29, 0.717) is 0 Å². The molecule has 0 atom stereocenters. The Morgan fingerprint density at radius 3 is 2.81 bits per heavy atom. The number of methoxy groups -OCH3 is 1. The largest absolute Gasteiger partial charge is 0.496 e. The molecule has 0 fully saturated rings. The van der Waals surface area contributed by atoms with Crippen LogP contribution in [0.5, 0.6) is 5.75 Å². The van der Waals surface area contributed by atoms with Crippen molar-refractivity contribution in [3.63, 3.8) is 0 Å². The lowest BCUT2D eigenvalue weighted by Gasteiger charge is -2.08. The molecule has 2 N–H and O–H groups in total. The van der Waals surface area contributed by atoms with Crippen LogP contribution in [-0.4, -0.2) is 26.1 Å². The number of thioether (sulfide) groups is 1. The lowest BCUT2D eigenvalue weighted by molar-refractivity contribution is 0.151. The van der Waals surface area contributed by atoms with Gasteiger partial charge in [0.15, 0.2) is 0 Å². The van der Waals surface area contributed by atoms with Crippen molar-refractivity contribution in [3.05, 3.63) is 18.2 Å². The van der Waals surface area contributed by atoms with Gasteiger partial charge in [-0.05, 0) is 18.6 Å². The molecule has 0 saturated carbocycles. The molecule has 0 radical (unpaired) electrons. The molecule has 0 aromatic heterocycles. The van der Waals surface area contributed by atoms with Crippen LogP contribution in [0.15, 0.2) is 23.1 Å². The molecule has 1 aromatic rings. The zero-order chi connectivity index (χ0) is 11.8. The summed E-state index contributed by atoms with van der Waals surface area (Å²) in [6.45, 7) is 3.71. The van der Waals surface area contributed by atoms with Gasteiger partial charge in [0.2, 0.25) is 0 Å². The maximum Gasteiger partial charge on any atom is 0.134 e. The van der Waals surface area contributed by atoms with E-state index in [2.05, 4.69) is 6.92 Å². The molecule has 4 heteroatoms. The third kappa shape index (κ3) is 4.33. The molecule has 0 aliphatic heterocycles. The molecular weight excluding hydrogens is 222 g/mol. The minimum atomic E-state index is 0.725. The van der Waals surface area contributed by atoms with E-state index in [-0.39, 0.29) is 0 Å². The third-order valence-corrected chi connectivity index (χ3v) is 3.04. The third-order valence-electron chi connectivity index (χ3n) is 2.02. The Balaban J connectivity index is 2.41. The number of nitrogens with two attached hydrogens (primary N) is 1. The van der Waals surface area contributed by atoms with Crippen molar-refractivity contribution in [2.45, 2.75) is 18.2 Å². The standard InChI is InChI=1S/C12H19NO2S/c1-3-6-15-7-8-16-12-5-4-10(13)9-11(12)14-2/h4-5,9H,3,6-8,13H2,1-2H3. The molecule has 0 unspecified atom stereocenters. The summed E-state index contributed by atoms with van der Waals surface area (Å²) in [4.78, 5) is 1.11. The van der Waals surface area contributed by atoms with Gasteiger partial charge in [-0.15, -0.1) is 11.8 Å². The molecule has 90 valence electrons. The second kappa shape index (κ2) is 7.41. The van der Waals surface area contributed by atoms with Gasteiger partial charge in [0.1, 0.15) is 5.75 Å². The van der Waals surface area contributed by atoms with E-state index in [4.69, 9.17) is 15.2 Å². The monoisotopic (exact) mass is 241 g/mol. The molecule has 0 spiro atoms. The number of hydrogen-bond acceptors (Lipinski definition) is 4. The molecule has 0 saturated heterocycles. The van der Waals surface area contributed by atoms with Crippen LogP contribution in [-0.2, 0) is 4.74 Å². The summed E-state index contributed by atoms with van der Waals surface area (Å²) in [6, 6.07) is 5.71. The van der Waals surface area contributed by atoms with Gasteiger partial charge in [0.05, 0.1) is 13.7 Å². The minimum Gasteiger partial charge on any atom is -0.496 e. The number of anilines is 1. The van der Waals surface area contributed by atoms with Gasteiger partial charge in [-0.3, -0.25) is 0 Å². The van der Waals surface area contributed by atoms with Crippen molar-refractivity contribution in [3.8, 4) is 5.75 Å². The summed E-state index contributed by atoms with van der Waals surface area (Å²) >= 11 is 1.73. The van der Waals surface area contributed by atoms with Crippen molar-refractivity contribution in [2.75, 3.05) is 31.8 Å². The van der Waals surface area contributed by atoms with Crippen LogP contribution >= 0.6 is 11.8 Å². The van der Waals surface area contributed by atoms with Crippen LogP contribution in [0, 0.1) is 0 Å². The van der Waals surface area contributed by atoms with Crippen molar-refractivity contribution < 1.29 is 9.47 Å². The minimum absolute atomic E-state index is 0.725. The van der Waals surface area contributed by atoms with Crippen molar-refractivity contribution in [1.29, 1.82) is 0 Å². The summed E-state index contributed by atoms with van der Waals surface area (Å²) in [5.41, 5.74) is 6.41. The van der Waals surface area contributed by atoms with Crippen LogP contribution in [0.3, 0.4) is 0 Å². The molecule has 0 aliphatic carbocycles. The second-order valence-electron chi connectivity index (χ2n) is 3.37. The quantitative estimate of drug-likeness (QED) is 0.453. The summed E-state index contributed by atoms with van der Waals surface area (Å²) in [5.74, 6) is 1.76. The molecule has 1 aromatic carbocycles. The van der Waals surface area contributed by atoms with Crippen LogP contribution in [0.2, 0.25) is 0 Å². The van der Waals surface area contributed by atoms with E-state index in [1.165, 1.54) is 0 Å². The fourth-order valence-electron chi connectivity index (χ4n) is 1.26. The predicted octanol–water partition coefficient (Wildman–Crippen LogP) is 2.80. The molecule has 16 heavy (non-hydrogen) atoms. The first-order valence-corrected chi connectivity index (χ1v) is 6.40. The van der Waals surface area contributed by atoms with Crippen LogP contribution < -0.4 is 10.5 Å². The zero-order valence-corrected chi connectivity index (χ0v) is 10.7. The Morgan fingerprint density at radius 1 is 1.31 bits per heavy atom. The fraction of sp³-hybridized carbons (Fsp3) is 0.500. The van der Waals surface area contributed by atoms with Crippen molar-refractivity contribution in [1.82, 2.24) is 0 Å². The van der Waals surface area contributed by atoms with Gasteiger partial charge >= 0.3 is 0 Å². The van der Waals surface area contributed by atoms with Crippen molar-refractivity contribution in [2.24, 2.45) is 0 Å². The smallest absolute Gasteiger partial charge is 0.134 e. The van der Waals surface area contributed by atoms with E-state index < -0.39 is 0 Å².